The van der Waals surface area contributed by atoms with E-state index in [1.807, 2.05) is 43.6 Å². The van der Waals surface area contributed by atoms with E-state index in [-0.39, 0.29) is 11.8 Å². The molecule has 1 aliphatic heterocycles. The van der Waals surface area contributed by atoms with E-state index >= 15 is 0 Å². The van der Waals surface area contributed by atoms with Crippen molar-refractivity contribution in [2.45, 2.75) is 32.7 Å². The highest BCUT2D eigenvalue weighted by atomic mass is 16.1. The van der Waals surface area contributed by atoms with Gasteiger partial charge in [-0.3, -0.25) is 14.7 Å². The monoisotopic (exact) mass is 323 g/mol. The number of ketones is 1. The largest absolute Gasteiger partial charge is 0.384 e. The van der Waals surface area contributed by atoms with E-state index in [4.69, 9.17) is 0 Å². The first-order valence-corrected chi connectivity index (χ1v) is 8.73. The van der Waals surface area contributed by atoms with Gasteiger partial charge in [0.25, 0.3) is 0 Å². The number of benzene rings is 1. The van der Waals surface area contributed by atoms with E-state index in [0.29, 0.717) is 0 Å². The zero-order chi connectivity index (χ0) is 16.9. The quantitative estimate of drug-likeness (QED) is 0.795. The molecule has 0 amide bonds. The first-order valence-electron chi connectivity index (χ1n) is 8.73. The van der Waals surface area contributed by atoms with Crippen molar-refractivity contribution >= 4 is 11.5 Å². The smallest absolute Gasteiger partial charge is 0.179 e. The Hall–Kier alpha value is -2.20. The fourth-order valence-corrected chi connectivity index (χ4v) is 3.31. The van der Waals surface area contributed by atoms with Crippen LogP contribution in [0.1, 0.15) is 35.3 Å². The second-order valence-corrected chi connectivity index (χ2v) is 6.32. The van der Waals surface area contributed by atoms with Crippen LogP contribution in [0.2, 0.25) is 0 Å². The first-order chi connectivity index (χ1) is 11.7. The normalized spacial score (nSPS) is 14.3. The minimum absolute atomic E-state index is 0.107. The van der Waals surface area contributed by atoms with Crippen molar-refractivity contribution in [3.8, 4) is 0 Å². The summed E-state index contributed by atoms with van der Waals surface area (Å²) in [6, 6.07) is 10.0. The minimum Gasteiger partial charge on any atom is -0.384 e. The number of anilines is 1. The van der Waals surface area contributed by atoms with Crippen LogP contribution in [0.4, 0.5) is 5.69 Å². The fraction of sp³-hybridized carbons (Fsp3) is 0.400. The fourth-order valence-electron chi connectivity index (χ4n) is 3.31. The van der Waals surface area contributed by atoms with Gasteiger partial charge in [0.1, 0.15) is 0 Å². The van der Waals surface area contributed by atoms with Crippen LogP contribution >= 0.6 is 0 Å². The molecule has 1 aromatic heterocycles. The molecule has 0 fully saturated rings. The number of aromatic nitrogens is 1. The Morgan fingerprint density at radius 2 is 2.08 bits per heavy atom. The molecule has 1 N–H and O–H groups in total. The maximum absolute atomic E-state index is 12.9. The second-order valence-electron chi connectivity index (χ2n) is 6.32. The molecule has 0 saturated heterocycles. The Morgan fingerprint density at radius 3 is 2.83 bits per heavy atom. The van der Waals surface area contributed by atoms with Crippen LogP contribution in [0.3, 0.4) is 0 Å². The van der Waals surface area contributed by atoms with Gasteiger partial charge in [0.2, 0.25) is 0 Å². The molecule has 3 rings (SSSR count). The van der Waals surface area contributed by atoms with Gasteiger partial charge in [-0.05, 0) is 67.8 Å². The van der Waals surface area contributed by atoms with Crippen molar-refractivity contribution in [3.63, 3.8) is 0 Å². The topological polar surface area (TPSA) is 45.2 Å². The molecule has 4 heteroatoms. The standard InChI is InChI=1S/C20H25N3O/c1-3-23(13-9-16-6-10-21-11-7-16)15(2)20(24)18-4-5-19-17(14-18)8-12-22-19/h4-7,10-11,14-15,22H,3,8-9,12-13H2,1-2H3. The van der Waals surface area contributed by atoms with E-state index in [1.54, 1.807) is 0 Å². The SMILES string of the molecule is CCN(CCc1ccncc1)C(C)C(=O)c1ccc2c(c1)CCN2. The highest BCUT2D eigenvalue weighted by molar-refractivity contribution is 6.00. The third-order valence-corrected chi connectivity index (χ3v) is 4.87. The summed E-state index contributed by atoms with van der Waals surface area (Å²) in [5.74, 6) is 0.210. The van der Waals surface area contributed by atoms with Crippen LogP contribution in [-0.2, 0) is 12.8 Å². The molecule has 1 aliphatic rings. The molecule has 0 saturated carbocycles. The Balaban J connectivity index is 1.66. The Labute approximate surface area is 143 Å². The number of hydrogen-bond donors (Lipinski definition) is 1. The van der Waals surface area contributed by atoms with Crippen LogP contribution in [0.25, 0.3) is 0 Å². The molecule has 2 aromatic rings. The number of nitrogens with one attached hydrogen (secondary N) is 1. The van der Waals surface area contributed by atoms with Crippen LogP contribution < -0.4 is 5.32 Å². The molecule has 24 heavy (non-hydrogen) atoms. The highest BCUT2D eigenvalue weighted by Gasteiger charge is 2.22. The summed E-state index contributed by atoms with van der Waals surface area (Å²) >= 11 is 0. The predicted molar refractivity (Wildman–Crippen MR) is 97.6 cm³/mol. The molecule has 1 atom stereocenters. The van der Waals surface area contributed by atoms with Crippen molar-refractivity contribution in [3.05, 3.63) is 59.4 Å². The minimum atomic E-state index is -0.107. The molecule has 1 unspecified atom stereocenters. The number of hydrogen-bond acceptors (Lipinski definition) is 4. The third-order valence-electron chi connectivity index (χ3n) is 4.87. The average molecular weight is 323 g/mol. The van der Waals surface area contributed by atoms with Crippen LogP contribution in [0, 0.1) is 0 Å². The summed E-state index contributed by atoms with van der Waals surface area (Å²) in [6.45, 7) is 6.84. The van der Waals surface area contributed by atoms with Crippen LogP contribution in [0.15, 0.2) is 42.7 Å². The molecule has 0 bridgehead atoms. The predicted octanol–water partition coefficient (Wildman–Crippen LogP) is 3.19. The van der Waals surface area contributed by atoms with Crippen LogP contribution in [0.5, 0.6) is 0 Å². The maximum atomic E-state index is 12.9. The number of nitrogens with zero attached hydrogens (tertiary/aromatic N) is 2. The molecule has 0 spiro atoms. The van der Waals surface area contributed by atoms with Gasteiger partial charge in [-0.25, -0.2) is 0 Å². The van der Waals surface area contributed by atoms with Gasteiger partial charge in [0.15, 0.2) is 5.78 Å². The van der Waals surface area contributed by atoms with E-state index < -0.39 is 0 Å². The average Bonchev–Trinajstić information content (AvgIpc) is 3.10. The molecule has 0 radical (unpaired) electrons. The summed E-state index contributed by atoms with van der Waals surface area (Å²) in [7, 11) is 0. The zero-order valence-corrected chi connectivity index (χ0v) is 14.5. The number of likely N-dealkylation sites (N-methyl/N-ethyl adjacent to an activating group) is 1. The van der Waals surface area contributed by atoms with Crippen molar-refractivity contribution in [2.24, 2.45) is 0 Å². The Kier molecular flexibility index (Phi) is 5.26. The third kappa shape index (κ3) is 3.65. The lowest BCUT2D eigenvalue weighted by atomic mass is 10.00. The van der Waals surface area contributed by atoms with Gasteiger partial charge in [0, 0.05) is 36.7 Å². The van der Waals surface area contributed by atoms with Crippen molar-refractivity contribution in [2.75, 3.05) is 25.0 Å². The number of rotatable bonds is 7. The van der Waals surface area contributed by atoms with Gasteiger partial charge in [0.05, 0.1) is 6.04 Å². The molecular formula is C20H25N3O. The first kappa shape index (κ1) is 16.7. The van der Waals surface area contributed by atoms with Crippen molar-refractivity contribution in [1.82, 2.24) is 9.88 Å². The summed E-state index contributed by atoms with van der Waals surface area (Å²) in [5.41, 5.74) is 4.51. The molecule has 126 valence electrons. The maximum Gasteiger partial charge on any atom is 0.179 e. The number of pyridine rings is 1. The van der Waals surface area contributed by atoms with Gasteiger partial charge in [-0.1, -0.05) is 6.92 Å². The van der Waals surface area contributed by atoms with Gasteiger partial charge < -0.3 is 5.32 Å². The summed E-state index contributed by atoms with van der Waals surface area (Å²) < 4.78 is 0. The van der Waals surface area contributed by atoms with Gasteiger partial charge in [-0.2, -0.15) is 0 Å². The lowest BCUT2D eigenvalue weighted by molar-refractivity contribution is 0.0846. The van der Waals surface area contributed by atoms with Gasteiger partial charge >= 0.3 is 0 Å². The van der Waals surface area contributed by atoms with E-state index in [0.717, 1.165) is 38.0 Å². The summed E-state index contributed by atoms with van der Waals surface area (Å²) in [4.78, 5) is 19.2. The molecule has 2 heterocycles. The highest BCUT2D eigenvalue weighted by Crippen LogP contribution is 2.24. The lowest BCUT2D eigenvalue weighted by Gasteiger charge is -2.27. The number of carbonyl (C=O) groups is 1. The summed E-state index contributed by atoms with van der Waals surface area (Å²) in [5, 5.41) is 3.34. The van der Waals surface area contributed by atoms with Crippen molar-refractivity contribution < 1.29 is 4.79 Å². The number of Topliss-reactive ketones (excluding diaryl/α,β-unsaturated/α-hetero) is 1. The molecule has 1 aromatic carbocycles. The molecule has 4 nitrogen and oxygen atoms in total. The van der Waals surface area contributed by atoms with E-state index in [9.17, 15) is 4.79 Å². The van der Waals surface area contributed by atoms with Gasteiger partial charge in [-0.15, -0.1) is 0 Å². The lowest BCUT2D eigenvalue weighted by Crippen LogP contribution is -2.40. The second kappa shape index (κ2) is 7.58. The van der Waals surface area contributed by atoms with E-state index in [2.05, 4.69) is 28.2 Å². The van der Waals surface area contributed by atoms with Crippen LogP contribution in [-0.4, -0.2) is 41.3 Å². The molecule has 0 aliphatic carbocycles. The number of fused-ring (bicyclic) bond motifs is 1. The van der Waals surface area contributed by atoms with Crippen molar-refractivity contribution in [1.29, 1.82) is 0 Å². The number of carbonyl (C=O) groups excluding carboxylic acids is 1. The van der Waals surface area contributed by atoms with E-state index in [1.165, 1.54) is 16.8 Å². The molecular weight excluding hydrogens is 298 g/mol. The zero-order valence-electron chi connectivity index (χ0n) is 14.5. The summed E-state index contributed by atoms with van der Waals surface area (Å²) in [6.07, 6.45) is 5.57. The Bertz CT molecular complexity index is 699. The Morgan fingerprint density at radius 1 is 1.29 bits per heavy atom.